The van der Waals surface area contributed by atoms with Crippen molar-refractivity contribution in [1.82, 2.24) is 19.9 Å². The zero-order valence-corrected chi connectivity index (χ0v) is 20.0. The van der Waals surface area contributed by atoms with E-state index in [0.717, 1.165) is 25.1 Å². The summed E-state index contributed by atoms with van der Waals surface area (Å²) >= 11 is 0. The fourth-order valence-electron chi connectivity index (χ4n) is 4.43. The standard InChI is InChI=1S/C24H24F3N7O4/c25-24(26,27)15-4-1-3-14(9-15)20-29-10-18-21(31-20)34(16-5-2-8-33(18)11-16)23(37)32-22-28-7-6-19(30-22)38-13-17(36)12-35/h1,3-4,6-7,9-10,16-17,35-36H,2,5,8,11-13H2,(H,28,30,32,37)/t16?,17-/m1/s1. The Balaban J connectivity index is 1.44. The van der Waals surface area contributed by atoms with Crippen LogP contribution in [0.15, 0.2) is 42.7 Å². The summed E-state index contributed by atoms with van der Waals surface area (Å²) in [4.78, 5) is 34.0. The number of carbonyl (C=O) groups excluding carboxylic acids is 1. The summed E-state index contributed by atoms with van der Waals surface area (Å²) in [6.07, 6.45) is -1.19. The first-order valence-electron chi connectivity index (χ1n) is 11.9. The molecule has 5 rings (SSSR count). The number of ether oxygens (including phenoxy) is 1. The maximum atomic E-state index is 13.5. The number of hydrogen-bond donors (Lipinski definition) is 3. The molecule has 11 nitrogen and oxygen atoms in total. The SMILES string of the molecule is O=C(Nc1nccc(OC[C@H](O)CO)n1)N1c2nc(-c3cccc(C(F)(F)F)c3)ncc2N2CCCC1C2. The van der Waals surface area contributed by atoms with E-state index in [4.69, 9.17) is 9.84 Å². The average molecular weight is 531 g/mol. The number of rotatable bonds is 6. The van der Waals surface area contributed by atoms with E-state index in [1.165, 1.54) is 35.5 Å². The van der Waals surface area contributed by atoms with Gasteiger partial charge < -0.3 is 19.8 Å². The Bertz CT molecular complexity index is 1330. The smallest absolute Gasteiger partial charge is 0.416 e. The monoisotopic (exact) mass is 531 g/mol. The van der Waals surface area contributed by atoms with Crippen LogP contribution in [0.1, 0.15) is 18.4 Å². The van der Waals surface area contributed by atoms with Crippen molar-refractivity contribution >= 4 is 23.5 Å². The molecule has 2 bridgehead atoms. The molecule has 1 fully saturated rings. The molecule has 2 amide bonds. The summed E-state index contributed by atoms with van der Waals surface area (Å²) in [6, 6.07) is 5.35. The van der Waals surface area contributed by atoms with Gasteiger partial charge in [0.2, 0.25) is 11.8 Å². The molecule has 2 aromatic heterocycles. The molecule has 3 N–H and O–H groups in total. The Hall–Kier alpha value is -4.04. The third kappa shape index (κ3) is 5.31. The van der Waals surface area contributed by atoms with Crippen molar-refractivity contribution in [2.75, 3.05) is 41.4 Å². The van der Waals surface area contributed by atoms with E-state index in [1.54, 1.807) is 0 Å². The molecule has 1 saturated heterocycles. The van der Waals surface area contributed by atoms with Gasteiger partial charge in [0, 0.05) is 30.9 Å². The van der Waals surface area contributed by atoms with Gasteiger partial charge in [-0.1, -0.05) is 12.1 Å². The van der Waals surface area contributed by atoms with Crippen LogP contribution in [-0.2, 0) is 6.18 Å². The lowest BCUT2D eigenvalue weighted by Crippen LogP contribution is -2.56. The van der Waals surface area contributed by atoms with Crippen LogP contribution >= 0.6 is 0 Å². The Labute approximate surface area is 214 Å². The molecule has 0 radical (unpaired) electrons. The molecule has 1 aromatic carbocycles. The highest BCUT2D eigenvalue weighted by atomic mass is 19.4. The van der Waals surface area contributed by atoms with Crippen LogP contribution in [0.2, 0.25) is 0 Å². The second-order valence-corrected chi connectivity index (χ2v) is 8.89. The van der Waals surface area contributed by atoms with Gasteiger partial charge in [0.15, 0.2) is 11.6 Å². The van der Waals surface area contributed by atoms with Crippen LogP contribution < -0.4 is 19.9 Å². The maximum Gasteiger partial charge on any atom is 0.416 e. The second-order valence-electron chi connectivity index (χ2n) is 8.89. The molecule has 2 aliphatic rings. The molecule has 4 heterocycles. The predicted octanol–water partition coefficient (Wildman–Crippen LogP) is 2.71. The van der Waals surface area contributed by atoms with E-state index in [-0.39, 0.29) is 41.7 Å². The third-order valence-corrected chi connectivity index (χ3v) is 6.23. The predicted molar refractivity (Wildman–Crippen MR) is 130 cm³/mol. The minimum atomic E-state index is -4.52. The molecule has 14 heteroatoms. The second kappa shape index (κ2) is 10.4. The molecular weight excluding hydrogens is 507 g/mol. The molecule has 2 atom stereocenters. The van der Waals surface area contributed by atoms with Crippen LogP contribution in [-0.4, -0.2) is 74.6 Å². The largest absolute Gasteiger partial charge is 0.475 e. The summed E-state index contributed by atoms with van der Waals surface area (Å²) in [7, 11) is 0. The van der Waals surface area contributed by atoms with Crippen LogP contribution in [0, 0.1) is 0 Å². The normalized spacial score (nSPS) is 17.6. The minimum Gasteiger partial charge on any atom is -0.475 e. The number of hydrogen-bond acceptors (Lipinski definition) is 9. The zero-order valence-electron chi connectivity index (χ0n) is 20.0. The van der Waals surface area contributed by atoms with Gasteiger partial charge in [0.25, 0.3) is 0 Å². The quantitative estimate of drug-likeness (QED) is 0.439. The number of anilines is 3. The number of amides is 2. The lowest BCUT2D eigenvalue weighted by molar-refractivity contribution is -0.137. The summed E-state index contributed by atoms with van der Waals surface area (Å²) < 4.78 is 45.1. The molecule has 0 saturated carbocycles. The van der Waals surface area contributed by atoms with Crippen molar-refractivity contribution in [3.8, 4) is 17.3 Å². The number of aromatic nitrogens is 4. The van der Waals surface area contributed by atoms with Crippen LogP contribution in [0.3, 0.4) is 0 Å². The van der Waals surface area contributed by atoms with Crippen molar-refractivity contribution in [3.63, 3.8) is 0 Å². The van der Waals surface area contributed by atoms with E-state index in [2.05, 4.69) is 30.2 Å². The van der Waals surface area contributed by atoms with Gasteiger partial charge in [0.1, 0.15) is 12.7 Å². The van der Waals surface area contributed by atoms with Crippen molar-refractivity contribution in [2.24, 2.45) is 0 Å². The maximum absolute atomic E-state index is 13.5. The van der Waals surface area contributed by atoms with E-state index >= 15 is 0 Å². The Morgan fingerprint density at radius 1 is 1.24 bits per heavy atom. The highest BCUT2D eigenvalue weighted by Gasteiger charge is 2.39. The number of nitrogens with zero attached hydrogens (tertiary/aromatic N) is 6. The van der Waals surface area contributed by atoms with E-state index in [0.29, 0.717) is 18.7 Å². The van der Waals surface area contributed by atoms with Crippen LogP contribution in [0.4, 0.5) is 35.4 Å². The molecule has 0 aliphatic carbocycles. The molecule has 3 aromatic rings. The van der Waals surface area contributed by atoms with Gasteiger partial charge >= 0.3 is 12.2 Å². The first kappa shape index (κ1) is 25.6. The first-order valence-corrected chi connectivity index (χ1v) is 11.9. The number of nitrogens with one attached hydrogen (secondary N) is 1. The summed E-state index contributed by atoms with van der Waals surface area (Å²) in [6.45, 7) is 0.614. The molecular formula is C24H24F3N7O4. The zero-order chi connectivity index (χ0) is 26.9. The highest BCUT2D eigenvalue weighted by molar-refractivity contribution is 6.03. The lowest BCUT2D eigenvalue weighted by atomic mass is 10.0. The first-order chi connectivity index (χ1) is 18.2. The number of fused-ring (bicyclic) bond motifs is 4. The number of carbonyl (C=O) groups is 1. The number of aliphatic hydroxyl groups excluding tert-OH is 2. The number of benzene rings is 1. The van der Waals surface area contributed by atoms with Crippen molar-refractivity contribution < 1.29 is 32.9 Å². The number of alkyl halides is 3. The van der Waals surface area contributed by atoms with E-state index < -0.39 is 30.5 Å². The van der Waals surface area contributed by atoms with Crippen molar-refractivity contribution in [3.05, 3.63) is 48.3 Å². The molecule has 2 aliphatic heterocycles. The summed E-state index contributed by atoms with van der Waals surface area (Å²) in [5.74, 6) is 0.361. The fraction of sp³-hybridized carbons (Fsp3) is 0.375. The van der Waals surface area contributed by atoms with Gasteiger partial charge in [-0.3, -0.25) is 10.2 Å². The number of aliphatic hydroxyl groups is 2. The Kier molecular flexibility index (Phi) is 6.99. The number of halogens is 3. The third-order valence-electron chi connectivity index (χ3n) is 6.23. The topological polar surface area (TPSA) is 137 Å². The molecule has 1 unspecified atom stereocenters. The molecule has 0 spiro atoms. The number of piperidine rings is 1. The highest BCUT2D eigenvalue weighted by Crippen LogP contribution is 2.39. The van der Waals surface area contributed by atoms with Gasteiger partial charge in [-0.25, -0.2) is 19.7 Å². The minimum absolute atomic E-state index is 0.0575. The Morgan fingerprint density at radius 3 is 2.87 bits per heavy atom. The lowest BCUT2D eigenvalue weighted by Gasteiger charge is -2.45. The van der Waals surface area contributed by atoms with Crippen molar-refractivity contribution in [2.45, 2.75) is 31.2 Å². The molecule has 200 valence electrons. The van der Waals surface area contributed by atoms with E-state index in [1.807, 2.05) is 0 Å². The van der Waals surface area contributed by atoms with Gasteiger partial charge in [-0.15, -0.1) is 0 Å². The van der Waals surface area contributed by atoms with Crippen LogP contribution in [0.25, 0.3) is 11.4 Å². The van der Waals surface area contributed by atoms with E-state index in [9.17, 15) is 23.1 Å². The van der Waals surface area contributed by atoms with Crippen LogP contribution in [0.5, 0.6) is 5.88 Å². The Morgan fingerprint density at radius 2 is 2.08 bits per heavy atom. The van der Waals surface area contributed by atoms with Gasteiger partial charge in [-0.2, -0.15) is 18.2 Å². The fourth-order valence-corrected chi connectivity index (χ4v) is 4.43. The van der Waals surface area contributed by atoms with Gasteiger partial charge in [-0.05, 0) is 25.0 Å². The summed E-state index contributed by atoms with van der Waals surface area (Å²) in [5.41, 5.74) is -0.0490. The number of urea groups is 1. The van der Waals surface area contributed by atoms with Gasteiger partial charge in [0.05, 0.1) is 30.1 Å². The summed E-state index contributed by atoms with van der Waals surface area (Å²) in [5, 5.41) is 21.0. The molecule has 38 heavy (non-hydrogen) atoms. The van der Waals surface area contributed by atoms with Crippen molar-refractivity contribution in [1.29, 1.82) is 0 Å². The average Bonchev–Trinajstić information content (AvgIpc) is 2.91.